The number of carbonyl (C=O) groups is 2. The van der Waals surface area contributed by atoms with Crippen LogP contribution in [0, 0.1) is 0 Å². The molecular formula is C39H40N4O6. The molecule has 0 aliphatic carbocycles. The number of hydrogen-bond acceptors (Lipinski definition) is 8. The Morgan fingerprint density at radius 2 is 1.14 bits per heavy atom. The zero-order valence-electron chi connectivity index (χ0n) is 28.3. The van der Waals surface area contributed by atoms with Crippen molar-refractivity contribution in [2.24, 2.45) is 9.98 Å². The fourth-order valence-corrected chi connectivity index (χ4v) is 6.82. The highest BCUT2D eigenvalue weighted by Gasteiger charge is 2.35. The summed E-state index contributed by atoms with van der Waals surface area (Å²) in [6, 6.07) is 13.1. The molecule has 3 aromatic rings. The van der Waals surface area contributed by atoms with E-state index in [2.05, 4.69) is 49.1 Å². The molecule has 0 bridgehead atoms. The van der Waals surface area contributed by atoms with Gasteiger partial charge in [-0.1, -0.05) is 50.3 Å². The van der Waals surface area contributed by atoms with E-state index in [0.29, 0.717) is 71.4 Å². The van der Waals surface area contributed by atoms with E-state index < -0.39 is 0 Å². The second-order valence-corrected chi connectivity index (χ2v) is 13.3. The summed E-state index contributed by atoms with van der Waals surface area (Å²) in [5.74, 6) is 2.01. The number of benzene rings is 3. The highest BCUT2D eigenvalue weighted by atomic mass is 16.5. The molecular weight excluding hydrogens is 620 g/mol. The first-order chi connectivity index (χ1) is 23.6. The van der Waals surface area contributed by atoms with Crippen LogP contribution in [0.4, 0.5) is 11.4 Å². The third kappa shape index (κ3) is 6.19. The van der Waals surface area contributed by atoms with Gasteiger partial charge in [0.2, 0.25) is 0 Å². The number of aliphatic imine (C=N–C) groups is 2. The normalized spacial score (nSPS) is 19.4. The van der Waals surface area contributed by atoms with Crippen LogP contribution < -0.4 is 18.9 Å². The molecule has 0 unspecified atom stereocenters. The molecule has 0 spiro atoms. The van der Waals surface area contributed by atoms with Gasteiger partial charge in [-0.05, 0) is 53.6 Å². The van der Waals surface area contributed by atoms with Gasteiger partial charge in [-0.15, -0.1) is 0 Å². The molecule has 49 heavy (non-hydrogen) atoms. The summed E-state index contributed by atoms with van der Waals surface area (Å²) in [4.78, 5) is 39.7. The van der Waals surface area contributed by atoms with Crippen molar-refractivity contribution in [2.45, 2.75) is 57.9 Å². The predicted octanol–water partition coefficient (Wildman–Crippen LogP) is 6.96. The van der Waals surface area contributed by atoms with Crippen LogP contribution in [-0.4, -0.2) is 73.4 Å². The van der Waals surface area contributed by atoms with E-state index in [-0.39, 0.29) is 43.0 Å². The third-order valence-electron chi connectivity index (χ3n) is 9.43. The van der Waals surface area contributed by atoms with Gasteiger partial charge in [0, 0.05) is 37.7 Å². The number of nitrogens with zero attached hydrogens (tertiary/aromatic N) is 4. The number of hydrogen-bond donors (Lipinski definition) is 0. The molecule has 4 aliphatic heterocycles. The number of amides is 2. The standard InChI is InChI=1S/C39H40N4O6/c1-22(2)27-10-25(20-48-36-14-32-30(12-34(36)46-5)38(44)42-18-23(3)7-28(42)16-40-32)9-26(11-27)21-49-37-15-33-31(13-35(37)47-6)39(45)43-19-24(4)8-29(43)17-41-33/h9-17,22,28-29H,3-4,7-8,18-21H2,1-2,5-6H3/t28-,29-/m0/s1. The van der Waals surface area contributed by atoms with E-state index >= 15 is 0 Å². The minimum Gasteiger partial charge on any atom is -0.493 e. The van der Waals surface area contributed by atoms with E-state index in [1.807, 2.05) is 18.5 Å². The summed E-state index contributed by atoms with van der Waals surface area (Å²) in [7, 11) is 3.12. The van der Waals surface area contributed by atoms with Gasteiger partial charge in [0.25, 0.3) is 11.8 Å². The molecule has 0 N–H and O–H groups in total. The first kappa shape index (κ1) is 32.2. The lowest BCUT2D eigenvalue weighted by Crippen LogP contribution is -2.35. The molecule has 2 fully saturated rings. The molecule has 3 aromatic carbocycles. The second kappa shape index (κ2) is 12.9. The van der Waals surface area contributed by atoms with Gasteiger partial charge in [0.15, 0.2) is 23.0 Å². The number of rotatable bonds is 9. The van der Waals surface area contributed by atoms with Crippen molar-refractivity contribution < 1.29 is 28.5 Å². The lowest BCUT2D eigenvalue weighted by molar-refractivity contribution is 0.0769. The van der Waals surface area contributed by atoms with E-state index in [9.17, 15) is 9.59 Å². The Balaban J connectivity index is 1.11. The lowest BCUT2D eigenvalue weighted by atomic mass is 9.98. The van der Waals surface area contributed by atoms with Gasteiger partial charge in [0.05, 0.1) is 48.8 Å². The van der Waals surface area contributed by atoms with Crippen LogP contribution in [0.1, 0.15) is 70.0 Å². The van der Waals surface area contributed by atoms with Crippen molar-refractivity contribution in [3.8, 4) is 23.0 Å². The fourth-order valence-electron chi connectivity index (χ4n) is 6.82. The lowest BCUT2D eigenvalue weighted by Gasteiger charge is -2.20. The molecule has 2 saturated heterocycles. The molecule has 2 amide bonds. The molecule has 7 rings (SSSR count). The predicted molar refractivity (Wildman–Crippen MR) is 189 cm³/mol. The van der Waals surface area contributed by atoms with Crippen LogP contribution in [0.2, 0.25) is 0 Å². The topological polar surface area (TPSA) is 102 Å². The summed E-state index contributed by atoms with van der Waals surface area (Å²) in [5, 5.41) is 0. The maximum absolute atomic E-state index is 13.4. The molecule has 2 atom stereocenters. The minimum absolute atomic E-state index is 0.0913. The van der Waals surface area contributed by atoms with Crippen LogP contribution in [0.5, 0.6) is 23.0 Å². The van der Waals surface area contributed by atoms with Gasteiger partial charge in [-0.3, -0.25) is 19.6 Å². The smallest absolute Gasteiger partial charge is 0.257 e. The Morgan fingerprint density at radius 3 is 1.55 bits per heavy atom. The molecule has 10 heteroatoms. The summed E-state index contributed by atoms with van der Waals surface area (Å²) in [5.41, 5.74) is 7.14. The largest absolute Gasteiger partial charge is 0.493 e. The Bertz CT molecular complexity index is 1810. The van der Waals surface area contributed by atoms with Gasteiger partial charge < -0.3 is 28.7 Å². The zero-order chi connectivity index (χ0) is 34.4. The number of carbonyl (C=O) groups excluding carboxylic acids is 2. The van der Waals surface area contributed by atoms with Crippen molar-refractivity contribution in [3.63, 3.8) is 0 Å². The van der Waals surface area contributed by atoms with Crippen LogP contribution in [0.3, 0.4) is 0 Å². The van der Waals surface area contributed by atoms with E-state index in [4.69, 9.17) is 18.9 Å². The van der Waals surface area contributed by atoms with E-state index in [1.165, 1.54) is 0 Å². The van der Waals surface area contributed by atoms with Crippen LogP contribution >= 0.6 is 0 Å². The Hall–Kier alpha value is -5.38. The Kier molecular flexibility index (Phi) is 8.48. The van der Waals surface area contributed by atoms with Crippen molar-refractivity contribution in [3.05, 3.63) is 94.6 Å². The van der Waals surface area contributed by atoms with E-state index in [0.717, 1.165) is 27.8 Å². The third-order valence-corrected chi connectivity index (χ3v) is 9.43. The molecule has 0 radical (unpaired) electrons. The molecule has 0 aromatic heterocycles. The number of ether oxygens (including phenoxy) is 4. The first-order valence-electron chi connectivity index (χ1n) is 16.5. The summed E-state index contributed by atoms with van der Waals surface area (Å²) in [6.07, 6.45) is 5.07. The average molecular weight is 661 g/mol. The van der Waals surface area contributed by atoms with Crippen LogP contribution in [0.25, 0.3) is 0 Å². The molecule has 0 saturated carbocycles. The maximum atomic E-state index is 13.4. The highest BCUT2D eigenvalue weighted by Crippen LogP contribution is 2.40. The maximum Gasteiger partial charge on any atom is 0.257 e. The van der Waals surface area contributed by atoms with Crippen molar-refractivity contribution in [1.82, 2.24) is 9.80 Å². The quantitative estimate of drug-likeness (QED) is 0.230. The molecule has 4 heterocycles. The van der Waals surface area contributed by atoms with E-state index in [1.54, 1.807) is 48.3 Å². The zero-order valence-corrected chi connectivity index (χ0v) is 28.3. The average Bonchev–Trinajstić information content (AvgIpc) is 3.60. The SMILES string of the molecule is C=C1C[C@H]2C=Nc3cc(OCc4cc(COc5cc6c(cc5OC)C(=O)N5CC(=C)C[C@H]5C=N6)cc(C(C)C)c4)c(OC)cc3C(=O)N2C1. The summed E-state index contributed by atoms with van der Waals surface area (Å²) >= 11 is 0. The van der Waals surface area contributed by atoms with Crippen molar-refractivity contribution in [1.29, 1.82) is 0 Å². The van der Waals surface area contributed by atoms with Gasteiger partial charge in [-0.25, -0.2) is 0 Å². The fraction of sp³-hybridized carbons (Fsp3) is 0.333. The summed E-state index contributed by atoms with van der Waals surface area (Å²) in [6.45, 7) is 14.0. The minimum atomic E-state index is -0.0956. The molecule has 4 aliphatic rings. The van der Waals surface area contributed by atoms with Gasteiger partial charge >= 0.3 is 0 Å². The van der Waals surface area contributed by atoms with Crippen molar-refractivity contribution >= 4 is 35.6 Å². The number of methoxy groups -OCH3 is 2. The number of fused-ring (bicyclic) bond motifs is 4. The van der Waals surface area contributed by atoms with Crippen molar-refractivity contribution in [2.75, 3.05) is 27.3 Å². The van der Waals surface area contributed by atoms with Crippen LogP contribution in [-0.2, 0) is 13.2 Å². The summed E-state index contributed by atoms with van der Waals surface area (Å²) < 4.78 is 24.0. The van der Waals surface area contributed by atoms with Gasteiger partial charge in [0.1, 0.15) is 13.2 Å². The van der Waals surface area contributed by atoms with Gasteiger partial charge in [-0.2, -0.15) is 0 Å². The monoisotopic (exact) mass is 660 g/mol. The second-order valence-electron chi connectivity index (χ2n) is 13.3. The molecule has 252 valence electrons. The Morgan fingerprint density at radius 1 is 0.694 bits per heavy atom. The first-order valence-corrected chi connectivity index (χ1v) is 16.5. The van der Waals surface area contributed by atoms with Crippen LogP contribution in [0.15, 0.2) is 76.8 Å². The molecule has 10 nitrogen and oxygen atoms in total. The highest BCUT2D eigenvalue weighted by molar-refractivity contribution is 6.04. The Labute approximate surface area is 286 Å².